The van der Waals surface area contributed by atoms with Gasteiger partial charge in [-0.25, -0.2) is 14.8 Å². The molecule has 0 spiro atoms. The third-order valence-electron chi connectivity index (χ3n) is 3.63. The molecule has 0 amide bonds. The van der Waals surface area contributed by atoms with Crippen molar-refractivity contribution < 1.29 is 20.1 Å². The average molecular weight is 325 g/mol. The van der Waals surface area contributed by atoms with Crippen molar-refractivity contribution in [1.29, 1.82) is 0 Å². The summed E-state index contributed by atoms with van der Waals surface area (Å²) < 4.78 is 6.91. The number of fused-ring (bicyclic) bond motifs is 1. The molecule has 0 unspecified atom stereocenters. The quantitative estimate of drug-likeness (QED) is 0.550. The van der Waals surface area contributed by atoms with E-state index in [-0.39, 0.29) is 10.8 Å². The molecule has 1 fully saturated rings. The van der Waals surface area contributed by atoms with Crippen LogP contribution < -0.4 is 0 Å². The molecule has 9 heteroatoms. The molecule has 2 aromatic rings. The van der Waals surface area contributed by atoms with E-state index < -0.39 is 31.1 Å². The Morgan fingerprint density at radius 2 is 2.14 bits per heavy atom. The van der Waals surface area contributed by atoms with Gasteiger partial charge in [-0.15, -0.1) is 0 Å². The lowest BCUT2D eigenvalue weighted by molar-refractivity contribution is -0.0508. The second kappa shape index (κ2) is 5.46. The van der Waals surface area contributed by atoms with Crippen molar-refractivity contribution in [3.63, 3.8) is 0 Å². The first-order valence-corrected chi connectivity index (χ1v) is 6.90. The highest BCUT2D eigenvalue weighted by molar-refractivity contribution is 6.35. The Hall–Kier alpha value is -1.76. The predicted octanol–water partition coefficient (Wildman–Crippen LogP) is 0.555. The highest BCUT2D eigenvalue weighted by Crippen LogP contribution is 2.38. The molecule has 0 aliphatic carbocycles. The lowest BCUT2D eigenvalue weighted by Crippen LogP contribution is -2.33. The van der Waals surface area contributed by atoms with Crippen LogP contribution in [0.15, 0.2) is 6.20 Å². The molecule has 3 rings (SSSR count). The average Bonchev–Trinajstić information content (AvgIpc) is 2.98. The Kier molecular flexibility index (Phi) is 3.76. The molecule has 22 heavy (non-hydrogen) atoms. The predicted molar refractivity (Wildman–Crippen MR) is 76.5 cm³/mol. The Bertz CT molecular complexity index is 771. The fourth-order valence-corrected chi connectivity index (χ4v) is 2.88. The molecule has 1 aliphatic heterocycles. The van der Waals surface area contributed by atoms with Crippen molar-refractivity contribution in [2.75, 3.05) is 6.61 Å². The number of ether oxygens (including phenoxy) is 1. The van der Waals surface area contributed by atoms with Crippen LogP contribution in [0.4, 0.5) is 5.69 Å². The second-order valence-corrected chi connectivity index (χ2v) is 5.38. The van der Waals surface area contributed by atoms with E-state index in [1.807, 2.05) is 0 Å². The van der Waals surface area contributed by atoms with Crippen LogP contribution in [0.1, 0.15) is 12.1 Å². The number of hydrogen-bond donors (Lipinski definition) is 3. The minimum atomic E-state index is -1.26. The second-order valence-electron chi connectivity index (χ2n) is 5.02. The van der Waals surface area contributed by atoms with Crippen LogP contribution in [0.25, 0.3) is 15.9 Å². The van der Waals surface area contributed by atoms with Gasteiger partial charge in [-0.05, 0) is 6.92 Å². The van der Waals surface area contributed by atoms with Crippen molar-refractivity contribution in [2.45, 2.75) is 31.5 Å². The van der Waals surface area contributed by atoms with Crippen molar-refractivity contribution >= 4 is 28.3 Å². The van der Waals surface area contributed by atoms with E-state index in [9.17, 15) is 15.3 Å². The molecular weight excluding hydrogens is 312 g/mol. The number of nitrogens with zero attached hydrogens (tertiary/aromatic N) is 4. The summed E-state index contributed by atoms with van der Waals surface area (Å²) in [7, 11) is 0. The molecule has 3 N–H and O–H groups in total. The maximum absolute atomic E-state index is 10.1. The Morgan fingerprint density at radius 1 is 1.41 bits per heavy atom. The molecular formula is C13H13ClN4O4. The third-order valence-corrected chi connectivity index (χ3v) is 3.90. The van der Waals surface area contributed by atoms with E-state index >= 15 is 0 Å². The number of aryl methyl sites for hydroxylation is 1. The largest absolute Gasteiger partial charge is 0.394 e. The van der Waals surface area contributed by atoms with Gasteiger partial charge < -0.3 is 24.6 Å². The normalized spacial score (nSPS) is 28.2. The van der Waals surface area contributed by atoms with Gasteiger partial charge in [0.1, 0.15) is 34.9 Å². The number of hydrogen-bond acceptors (Lipinski definition) is 6. The molecule has 3 heterocycles. The summed E-state index contributed by atoms with van der Waals surface area (Å²) in [6.07, 6.45) is -2.94. The SMILES string of the molecule is [C-]#[N+]c1cn([C@@H]2O[C@H](CO)[C@@H](O)[C@H]2O)c2nc(C)nc(Cl)c12. The van der Waals surface area contributed by atoms with Gasteiger partial charge >= 0.3 is 0 Å². The summed E-state index contributed by atoms with van der Waals surface area (Å²) >= 11 is 6.09. The smallest absolute Gasteiger partial charge is 0.216 e. The zero-order valence-corrected chi connectivity index (χ0v) is 12.3. The Balaban J connectivity index is 2.18. The molecule has 116 valence electrons. The zero-order valence-electron chi connectivity index (χ0n) is 11.5. The Morgan fingerprint density at radius 3 is 2.73 bits per heavy atom. The highest BCUT2D eigenvalue weighted by atomic mass is 35.5. The summed E-state index contributed by atoms with van der Waals surface area (Å²) in [5, 5.41) is 29.7. The highest BCUT2D eigenvalue weighted by Gasteiger charge is 2.44. The van der Waals surface area contributed by atoms with Crippen molar-refractivity contribution in [2.24, 2.45) is 0 Å². The lowest BCUT2D eigenvalue weighted by atomic mass is 10.1. The van der Waals surface area contributed by atoms with Crippen molar-refractivity contribution in [3.05, 3.63) is 28.6 Å². The van der Waals surface area contributed by atoms with Crippen LogP contribution in [0, 0.1) is 13.5 Å². The van der Waals surface area contributed by atoms with Crippen LogP contribution in [0.5, 0.6) is 0 Å². The topological polar surface area (TPSA) is 105 Å². The van der Waals surface area contributed by atoms with Crippen LogP contribution in [0.3, 0.4) is 0 Å². The molecule has 8 nitrogen and oxygen atoms in total. The first-order valence-electron chi connectivity index (χ1n) is 6.52. The van der Waals surface area contributed by atoms with Gasteiger partial charge in [0.15, 0.2) is 6.23 Å². The van der Waals surface area contributed by atoms with Gasteiger partial charge in [-0.1, -0.05) is 11.6 Å². The molecule has 0 bridgehead atoms. The van der Waals surface area contributed by atoms with E-state index in [1.165, 1.54) is 10.8 Å². The van der Waals surface area contributed by atoms with Crippen LogP contribution in [-0.4, -0.2) is 54.8 Å². The molecule has 0 radical (unpaired) electrons. The van der Waals surface area contributed by atoms with Crippen LogP contribution >= 0.6 is 11.6 Å². The van der Waals surface area contributed by atoms with Crippen molar-refractivity contribution in [3.8, 4) is 0 Å². The zero-order chi connectivity index (χ0) is 16.0. The molecule has 0 aromatic carbocycles. The van der Waals surface area contributed by atoms with Gasteiger partial charge in [0, 0.05) is 6.20 Å². The summed E-state index contributed by atoms with van der Waals surface area (Å²) in [4.78, 5) is 11.6. The molecule has 0 saturated carbocycles. The monoisotopic (exact) mass is 324 g/mol. The minimum absolute atomic E-state index is 0.138. The van der Waals surface area contributed by atoms with Crippen LogP contribution in [0.2, 0.25) is 5.15 Å². The minimum Gasteiger partial charge on any atom is -0.394 e. The number of aliphatic hydroxyl groups excluding tert-OH is 3. The fraction of sp³-hybridized carbons (Fsp3) is 0.462. The molecule has 1 aliphatic rings. The number of halogens is 1. The van der Waals surface area contributed by atoms with E-state index in [0.717, 1.165) is 0 Å². The maximum Gasteiger partial charge on any atom is 0.216 e. The molecule has 4 atom stereocenters. The first kappa shape index (κ1) is 15.1. The fourth-order valence-electron chi connectivity index (χ4n) is 2.58. The third kappa shape index (κ3) is 2.15. The van der Waals surface area contributed by atoms with E-state index in [2.05, 4.69) is 14.8 Å². The maximum atomic E-state index is 10.1. The van der Waals surface area contributed by atoms with E-state index in [1.54, 1.807) is 6.92 Å². The number of rotatable bonds is 2. The standard InChI is InChI=1S/C13H13ClN4O4/c1-5-16-11(14)8-6(15-2)3-18(12(8)17-5)13-10(21)9(20)7(4-19)22-13/h3,7,9-10,13,19-21H,4H2,1H3/t7-,9-,10-,13-/m1/s1. The first-order chi connectivity index (χ1) is 10.5. The van der Waals surface area contributed by atoms with Gasteiger partial charge in [0.2, 0.25) is 5.69 Å². The van der Waals surface area contributed by atoms with Crippen molar-refractivity contribution in [1.82, 2.24) is 14.5 Å². The molecule has 1 saturated heterocycles. The summed E-state index contributed by atoms with van der Waals surface area (Å²) in [6.45, 7) is 8.45. The van der Waals surface area contributed by atoms with E-state index in [0.29, 0.717) is 16.9 Å². The van der Waals surface area contributed by atoms with Gasteiger partial charge in [0.25, 0.3) is 0 Å². The summed E-state index contributed by atoms with van der Waals surface area (Å²) in [5.74, 6) is 0.403. The summed E-state index contributed by atoms with van der Waals surface area (Å²) in [6, 6.07) is 0. The summed E-state index contributed by atoms with van der Waals surface area (Å²) in [5.41, 5.74) is 0.552. The van der Waals surface area contributed by atoms with Gasteiger partial charge in [-0.3, -0.25) is 0 Å². The lowest BCUT2D eigenvalue weighted by Gasteiger charge is -2.17. The molecule has 2 aromatic heterocycles. The number of aliphatic hydroxyl groups is 3. The van der Waals surface area contributed by atoms with E-state index in [4.69, 9.17) is 22.9 Å². The van der Waals surface area contributed by atoms with Crippen LogP contribution in [-0.2, 0) is 4.74 Å². The number of aromatic nitrogens is 3. The Labute approximate surface area is 130 Å². The van der Waals surface area contributed by atoms with Gasteiger partial charge in [0.05, 0.1) is 18.6 Å². The van der Waals surface area contributed by atoms with Gasteiger partial charge in [-0.2, -0.15) is 0 Å².